The van der Waals surface area contributed by atoms with Crippen LogP contribution in [0.2, 0.25) is 0 Å². The van der Waals surface area contributed by atoms with Crippen molar-refractivity contribution in [1.29, 1.82) is 0 Å². The van der Waals surface area contributed by atoms with Crippen LogP contribution >= 0.6 is 0 Å². The van der Waals surface area contributed by atoms with Crippen LogP contribution in [0, 0.1) is 0 Å². The number of ether oxygens (including phenoxy) is 1. The number of benzene rings is 2. The number of carbonyl (C=O) groups excluding carboxylic acids is 2. The van der Waals surface area contributed by atoms with Gasteiger partial charge >= 0.3 is 0 Å². The van der Waals surface area contributed by atoms with Crippen molar-refractivity contribution < 1.29 is 18.7 Å². The highest BCUT2D eigenvalue weighted by molar-refractivity contribution is 6.08. The average Bonchev–Trinajstić information content (AvgIpc) is 3.48. The highest BCUT2D eigenvalue weighted by Crippen LogP contribution is 2.37. The smallest absolute Gasteiger partial charge is 0.290 e. The minimum absolute atomic E-state index is 0.00489. The summed E-state index contributed by atoms with van der Waals surface area (Å²) < 4.78 is 13.0. The van der Waals surface area contributed by atoms with Crippen LogP contribution in [-0.4, -0.2) is 52.7 Å². The maximum absolute atomic E-state index is 13.6. The van der Waals surface area contributed by atoms with Crippen LogP contribution < -0.4 is 10.1 Å². The fourth-order valence-corrected chi connectivity index (χ4v) is 4.42. The third-order valence-electron chi connectivity index (χ3n) is 6.24. The molecule has 5 rings (SSSR count). The molecule has 0 aliphatic carbocycles. The molecule has 1 fully saturated rings. The van der Waals surface area contributed by atoms with Gasteiger partial charge in [0.1, 0.15) is 11.3 Å². The molecule has 0 saturated carbocycles. The summed E-state index contributed by atoms with van der Waals surface area (Å²) in [5.41, 5.74) is 2.86. The van der Waals surface area contributed by atoms with E-state index in [1.165, 1.54) is 0 Å². The van der Waals surface area contributed by atoms with E-state index in [1.807, 2.05) is 42.5 Å². The van der Waals surface area contributed by atoms with E-state index in [-0.39, 0.29) is 17.9 Å². The van der Waals surface area contributed by atoms with Crippen molar-refractivity contribution in [2.75, 3.05) is 20.2 Å². The van der Waals surface area contributed by atoms with Gasteiger partial charge in [0.15, 0.2) is 0 Å². The normalized spacial score (nSPS) is 14.4. The van der Waals surface area contributed by atoms with Crippen molar-refractivity contribution >= 4 is 22.8 Å². The Morgan fingerprint density at radius 1 is 1.12 bits per heavy atom. The molecule has 174 valence electrons. The number of aromatic nitrogens is 2. The van der Waals surface area contributed by atoms with Crippen LogP contribution in [0.5, 0.6) is 5.75 Å². The molecular weight excluding hydrogens is 432 g/mol. The van der Waals surface area contributed by atoms with Gasteiger partial charge < -0.3 is 19.4 Å². The van der Waals surface area contributed by atoms with Gasteiger partial charge in [0, 0.05) is 49.4 Å². The lowest BCUT2D eigenvalue weighted by atomic mass is 10.00. The Labute approximate surface area is 197 Å². The van der Waals surface area contributed by atoms with Crippen molar-refractivity contribution in [1.82, 2.24) is 20.0 Å². The van der Waals surface area contributed by atoms with Gasteiger partial charge in [0.25, 0.3) is 11.8 Å². The number of aryl methyl sites for hydroxylation is 1. The average molecular weight is 459 g/mol. The Balaban J connectivity index is 1.36. The predicted octanol–water partition coefficient (Wildman–Crippen LogP) is 3.88. The number of rotatable bonds is 5. The summed E-state index contributed by atoms with van der Waals surface area (Å²) in [7, 11) is 3.38. The lowest BCUT2D eigenvalue weighted by Gasteiger charge is -2.32. The number of carbonyl (C=O) groups is 2. The minimum Gasteiger partial charge on any atom is -0.497 e. The second-order valence-corrected chi connectivity index (χ2v) is 8.48. The summed E-state index contributed by atoms with van der Waals surface area (Å²) in [5, 5.41) is 7.97. The maximum Gasteiger partial charge on any atom is 0.290 e. The molecule has 8 nitrogen and oxygen atoms in total. The number of nitrogens with zero attached hydrogens (tertiary/aromatic N) is 3. The zero-order valence-electron chi connectivity index (χ0n) is 19.2. The number of hydrogen-bond acceptors (Lipinski definition) is 5. The summed E-state index contributed by atoms with van der Waals surface area (Å²) in [6.07, 6.45) is 4.59. The monoisotopic (exact) mass is 458 g/mol. The SMILES string of the molecule is COc1ccc2c(-c3ccccc3)c(C(=O)N3CCC(NC(=O)c4cnn(C)c4)CC3)oc2c1. The number of likely N-dealkylation sites (tertiary alicyclic amines) is 1. The number of nitrogens with one attached hydrogen (secondary N) is 1. The van der Waals surface area contributed by atoms with Crippen LogP contribution in [0.15, 0.2) is 65.3 Å². The predicted molar refractivity (Wildman–Crippen MR) is 128 cm³/mol. The molecule has 1 saturated heterocycles. The lowest BCUT2D eigenvalue weighted by molar-refractivity contribution is 0.0670. The van der Waals surface area contributed by atoms with Gasteiger partial charge in [-0.1, -0.05) is 30.3 Å². The first-order chi connectivity index (χ1) is 16.5. The first kappa shape index (κ1) is 21.8. The molecule has 0 atom stereocenters. The molecule has 8 heteroatoms. The zero-order valence-corrected chi connectivity index (χ0v) is 19.2. The summed E-state index contributed by atoms with van der Waals surface area (Å²) in [6.45, 7) is 1.07. The summed E-state index contributed by atoms with van der Waals surface area (Å²) in [4.78, 5) is 27.8. The van der Waals surface area contributed by atoms with Crippen LogP contribution in [0.1, 0.15) is 33.8 Å². The molecule has 0 bridgehead atoms. The van der Waals surface area contributed by atoms with Crippen molar-refractivity contribution in [3.63, 3.8) is 0 Å². The Bertz CT molecular complexity index is 1330. The van der Waals surface area contributed by atoms with Crippen molar-refractivity contribution in [2.24, 2.45) is 7.05 Å². The van der Waals surface area contributed by atoms with Gasteiger partial charge in [-0.05, 0) is 30.5 Å². The van der Waals surface area contributed by atoms with E-state index in [0.29, 0.717) is 48.6 Å². The second-order valence-electron chi connectivity index (χ2n) is 8.48. The topological polar surface area (TPSA) is 89.6 Å². The third-order valence-corrected chi connectivity index (χ3v) is 6.24. The van der Waals surface area contributed by atoms with Gasteiger partial charge in [-0.25, -0.2) is 0 Å². The minimum atomic E-state index is -0.147. The van der Waals surface area contributed by atoms with E-state index in [4.69, 9.17) is 9.15 Å². The first-order valence-electron chi connectivity index (χ1n) is 11.3. The highest BCUT2D eigenvalue weighted by Gasteiger charge is 2.30. The van der Waals surface area contributed by atoms with Gasteiger partial charge in [-0.3, -0.25) is 14.3 Å². The molecule has 34 heavy (non-hydrogen) atoms. The van der Waals surface area contributed by atoms with Gasteiger partial charge in [0.05, 0.1) is 18.9 Å². The third kappa shape index (κ3) is 4.14. The van der Waals surface area contributed by atoms with Crippen molar-refractivity contribution in [2.45, 2.75) is 18.9 Å². The van der Waals surface area contributed by atoms with E-state index in [9.17, 15) is 9.59 Å². The number of hydrogen-bond donors (Lipinski definition) is 1. The van der Waals surface area contributed by atoms with Crippen LogP contribution in [0.3, 0.4) is 0 Å². The zero-order chi connectivity index (χ0) is 23.7. The Kier molecular flexibility index (Phi) is 5.79. The van der Waals surface area contributed by atoms with E-state index in [1.54, 1.807) is 42.2 Å². The van der Waals surface area contributed by atoms with Gasteiger partial charge in [0.2, 0.25) is 5.76 Å². The van der Waals surface area contributed by atoms with Crippen LogP contribution in [0.4, 0.5) is 0 Å². The van der Waals surface area contributed by atoms with Crippen molar-refractivity contribution in [3.8, 4) is 16.9 Å². The summed E-state index contributed by atoms with van der Waals surface area (Å²) in [5.74, 6) is 0.707. The number of amides is 2. The van der Waals surface area contributed by atoms with E-state index < -0.39 is 0 Å². The van der Waals surface area contributed by atoms with Crippen LogP contribution in [-0.2, 0) is 7.05 Å². The second kappa shape index (κ2) is 9.05. The highest BCUT2D eigenvalue weighted by atomic mass is 16.5. The number of furan rings is 1. The molecule has 0 radical (unpaired) electrons. The summed E-state index contributed by atoms with van der Waals surface area (Å²) >= 11 is 0. The molecule has 0 unspecified atom stereocenters. The molecule has 1 aliphatic heterocycles. The molecule has 1 N–H and O–H groups in total. The Morgan fingerprint density at radius 2 is 1.88 bits per heavy atom. The lowest BCUT2D eigenvalue weighted by Crippen LogP contribution is -2.46. The van der Waals surface area contributed by atoms with E-state index in [2.05, 4.69) is 10.4 Å². The van der Waals surface area contributed by atoms with E-state index in [0.717, 1.165) is 16.5 Å². The number of fused-ring (bicyclic) bond motifs is 1. The molecule has 2 aromatic heterocycles. The number of piperidine rings is 1. The molecule has 2 aromatic carbocycles. The first-order valence-corrected chi connectivity index (χ1v) is 11.3. The van der Waals surface area contributed by atoms with E-state index >= 15 is 0 Å². The Morgan fingerprint density at radius 3 is 2.56 bits per heavy atom. The largest absolute Gasteiger partial charge is 0.497 e. The van der Waals surface area contributed by atoms with Gasteiger partial charge in [-0.15, -0.1) is 0 Å². The maximum atomic E-state index is 13.6. The van der Waals surface area contributed by atoms with Crippen LogP contribution in [0.25, 0.3) is 22.1 Å². The standard InChI is InChI=1S/C26H26N4O4/c1-29-16-18(15-27-29)25(31)28-19-10-12-30(13-11-19)26(32)24-23(17-6-4-3-5-7-17)21-9-8-20(33-2)14-22(21)34-24/h3-9,14-16,19H,10-13H2,1-2H3,(H,28,31). The molecular formula is C26H26N4O4. The summed E-state index contributed by atoms with van der Waals surface area (Å²) in [6, 6.07) is 15.4. The molecule has 4 aromatic rings. The molecule has 2 amide bonds. The fraction of sp³-hybridized carbons (Fsp3) is 0.269. The molecule has 0 spiro atoms. The van der Waals surface area contributed by atoms with Gasteiger partial charge in [-0.2, -0.15) is 5.10 Å². The molecule has 1 aliphatic rings. The Hall–Kier alpha value is -4.07. The van der Waals surface area contributed by atoms with Crippen molar-refractivity contribution in [3.05, 3.63) is 72.2 Å². The number of methoxy groups -OCH3 is 1. The quantitative estimate of drug-likeness (QED) is 0.490. The fourth-order valence-electron chi connectivity index (χ4n) is 4.42. The molecule has 3 heterocycles.